The minimum absolute atomic E-state index is 0.0604. The molecule has 0 heterocycles. The smallest absolute Gasteiger partial charge is 0.142 e. The van der Waals surface area contributed by atoms with Crippen LogP contribution in [-0.2, 0) is 10.8 Å². The molecule has 1 aromatic rings. The summed E-state index contributed by atoms with van der Waals surface area (Å²) in [7, 11) is -1.49. The van der Waals surface area contributed by atoms with E-state index in [1.807, 2.05) is 13.8 Å². The second-order valence-corrected chi connectivity index (χ2v) is 6.32. The van der Waals surface area contributed by atoms with Crippen LogP contribution in [0.15, 0.2) is 23.1 Å². The summed E-state index contributed by atoms with van der Waals surface area (Å²) in [6.45, 7) is 6.73. The van der Waals surface area contributed by atoms with Gasteiger partial charge in [0.1, 0.15) is 11.6 Å². The predicted octanol–water partition coefficient (Wildman–Crippen LogP) is 3.24. The molecule has 2 nitrogen and oxygen atoms in total. The van der Waals surface area contributed by atoms with E-state index in [1.54, 1.807) is 0 Å². The number of rotatable bonds is 7. The van der Waals surface area contributed by atoms with Gasteiger partial charge in [-0.25, -0.2) is 8.78 Å². The molecule has 0 spiro atoms. The van der Waals surface area contributed by atoms with Crippen LogP contribution in [0, 0.1) is 11.6 Å². The van der Waals surface area contributed by atoms with Crippen molar-refractivity contribution in [1.82, 2.24) is 5.32 Å². The first-order valence-electron chi connectivity index (χ1n) is 6.60. The normalized spacial score (nSPS) is 16.1. The second-order valence-electron chi connectivity index (χ2n) is 4.55. The van der Waals surface area contributed by atoms with E-state index in [4.69, 9.17) is 0 Å². The summed E-state index contributed by atoms with van der Waals surface area (Å²) in [4.78, 5) is 0.0747. The Labute approximate surface area is 116 Å². The van der Waals surface area contributed by atoms with Crippen molar-refractivity contribution < 1.29 is 13.0 Å². The molecule has 3 atom stereocenters. The molecule has 0 fully saturated rings. The van der Waals surface area contributed by atoms with E-state index in [1.165, 1.54) is 6.07 Å². The number of hydrogen-bond acceptors (Lipinski definition) is 2. The molecule has 3 unspecified atom stereocenters. The maximum absolute atomic E-state index is 13.6. The fraction of sp³-hybridized carbons (Fsp3) is 0.571. The fourth-order valence-corrected chi connectivity index (χ4v) is 3.40. The van der Waals surface area contributed by atoms with Crippen LogP contribution in [-0.4, -0.2) is 22.0 Å². The summed E-state index contributed by atoms with van der Waals surface area (Å²) >= 11 is 0. The van der Waals surface area contributed by atoms with E-state index < -0.39 is 22.4 Å². The lowest BCUT2D eigenvalue weighted by atomic mass is 10.1. The first-order chi connectivity index (χ1) is 9.01. The highest BCUT2D eigenvalue weighted by molar-refractivity contribution is 7.85. The van der Waals surface area contributed by atoms with Crippen molar-refractivity contribution in [3.63, 3.8) is 0 Å². The van der Waals surface area contributed by atoms with Crippen molar-refractivity contribution in [2.24, 2.45) is 0 Å². The average Bonchev–Trinajstić information content (AvgIpc) is 2.38. The molecule has 1 rings (SSSR count). The van der Waals surface area contributed by atoms with Gasteiger partial charge in [-0.3, -0.25) is 4.21 Å². The Balaban J connectivity index is 2.85. The Morgan fingerprint density at radius 2 is 2.00 bits per heavy atom. The molecule has 5 heteroatoms. The highest BCUT2D eigenvalue weighted by Gasteiger charge is 2.24. The molecular weight excluding hydrogens is 268 g/mol. The van der Waals surface area contributed by atoms with Gasteiger partial charge in [0.25, 0.3) is 0 Å². The van der Waals surface area contributed by atoms with Crippen LogP contribution in [0.4, 0.5) is 8.78 Å². The molecular formula is C14H21F2NOS. The van der Waals surface area contributed by atoms with Crippen molar-refractivity contribution >= 4 is 10.8 Å². The van der Waals surface area contributed by atoms with E-state index in [-0.39, 0.29) is 16.2 Å². The molecule has 1 N–H and O–H groups in total. The largest absolute Gasteiger partial charge is 0.313 e. The number of nitrogens with one attached hydrogen (secondary N) is 1. The highest BCUT2D eigenvalue weighted by atomic mass is 32.2. The average molecular weight is 289 g/mol. The SMILES string of the molecule is CCCNC(CC)C(C)S(=O)c1ccc(F)cc1F. The number of halogens is 2. The van der Waals surface area contributed by atoms with Gasteiger partial charge in [-0.15, -0.1) is 0 Å². The van der Waals surface area contributed by atoms with E-state index >= 15 is 0 Å². The summed E-state index contributed by atoms with van der Waals surface area (Å²) in [6.07, 6.45) is 1.80. The lowest BCUT2D eigenvalue weighted by Gasteiger charge is -2.23. The Kier molecular flexibility index (Phi) is 6.58. The van der Waals surface area contributed by atoms with Crippen molar-refractivity contribution in [3.05, 3.63) is 29.8 Å². The monoisotopic (exact) mass is 289 g/mol. The van der Waals surface area contributed by atoms with Crippen LogP contribution in [0.5, 0.6) is 0 Å². The third-order valence-corrected chi connectivity index (χ3v) is 4.88. The molecule has 0 aliphatic carbocycles. The van der Waals surface area contributed by atoms with Crippen LogP contribution < -0.4 is 5.32 Å². The van der Waals surface area contributed by atoms with E-state index in [2.05, 4.69) is 12.2 Å². The molecule has 0 aliphatic heterocycles. The van der Waals surface area contributed by atoms with Gasteiger partial charge in [-0.2, -0.15) is 0 Å². The molecule has 0 aromatic heterocycles. The van der Waals surface area contributed by atoms with Gasteiger partial charge < -0.3 is 5.32 Å². The molecule has 1 aromatic carbocycles. The van der Waals surface area contributed by atoms with Crippen molar-refractivity contribution in [3.8, 4) is 0 Å². The van der Waals surface area contributed by atoms with Crippen molar-refractivity contribution in [2.45, 2.75) is 49.8 Å². The first-order valence-corrected chi connectivity index (χ1v) is 7.81. The summed E-state index contributed by atoms with van der Waals surface area (Å²) < 4.78 is 38.8. The van der Waals surface area contributed by atoms with Gasteiger partial charge in [-0.1, -0.05) is 13.8 Å². The minimum atomic E-state index is -1.49. The molecule has 0 amide bonds. The quantitative estimate of drug-likeness (QED) is 0.835. The lowest BCUT2D eigenvalue weighted by Crippen LogP contribution is -2.40. The summed E-state index contributed by atoms with van der Waals surface area (Å²) in [6, 6.07) is 3.25. The Hall–Kier alpha value is -0.810. The van der Waals surface area contributed by atoms with Gasteiger partial charge >= 0.3 is 0 Å². The van der Waals surface area contributed by atoms with Gasteiger partial charge in [0, 0.05) is 12.1 Å². The summed E-state index contributed by atoms with van der Waals surface area (Å²) in [5, 5.41) is 3.09. The molecule has 0 radical (unpaired) electrons. The standard InChI is InChI=1S/C14H21F2NOS/c1-4-8-17-13(5-2)10(3)19(18)14-7-6-11(15)9-12(14)16/h6-7,9-10,13,17H,4-5,8H2,1-3H3. The van der Waals surface area contributed by atoms with Gasteiger partial charge in [0.2, 0.25) is 0 Å². The lowest BCUT2D eigenvalue weighted by molar-refractivity contribution is 0.484. The molecule has 0 saturated carbocycles. The van der Waals surface area contributed by atoms with E-state index in [9.17, 15) is 13.0 Å². The Bertz CT molecular complexity index is 439. The molecule has 19 heavy (non-hydrogen) atoms. The minimum Gasteiger partial charge on any atom is -0.313 e. The van der Waals surface area contributed by atoms with Crippen molar-refractivity contribution in [2.75, 3.05) is 6.54 Å². The van der Waals surface area contributed by atoms with Gasteiger partial charge in [-0.05, 0) is 38.4 Å². The van der Waals surface area contributed by atoms with Crippen LogP contribution in [0.2, 0.25) is 0 Å². The molecule has 0 aliphatic rings. The van der Waals surface area contributed by atoms with Crippen LogP contribution >= 0.6 is 0 Å². The summed E-state index contributed by atoms with van der Waals surface area (Å²) in [5.41, 5.74) is 0. The van der Waals surface area contributed by atoms with Crippen molar-refractivity contribution in [1.29, 1.82) is 0 Å². The van der Waals surface area contributed by atoms with E-state index in [0.29, 0.717) is 0 Å². The second kappa shape index (κ2) is 7.70. The zero-order chi connectivity index (χ0) is 14.4. The molecule has 108 valence electrons. The fourth-order valence-electron chi connectivity index (χ4n) is 1.96. The van der Waals surface area contributed by atoms with Crippen LogP contribution in [0.3, 0.4) is 0 Å². The van der Waals surface area contributed by atoms with Crippen LogP contribution in [0.1, 0.15) is 33.6 Å². The number of hydrogen-bond donors (Lipinski definition) is 1. The maximum Gasteiger partial charge on any atom is 0.142 e. The first kappa shape index (κ1) is 16.2. The van der Waals surface area contributed by atoms with Crippen LogP contribution in [0.25, 0.3) is 0 Å². The third kappa shape index (κ3) is 4.35. The van der Waals surface area contributed by atoms with Gasteiger partial charge in [0.15, 0.2) is 0 Å². The zero-order valence-electron chi connectivity index (χ0n) is 11.6. The molecule has 0 saturated heterocycles. The summed E-state index contributed by atoms with van der Waals surface area (Å²) in [5.74, 6) is -1.39. The topological polar surface area (TPSA) is 29.1 Å². The van der Waals surface area contributed by atoms with E-state index in [0.717, 1.165) is 31.5 Å². The predicted molar refractivity (Wildman–Crippen MR) is 74.6 cm³/mol. The maximum atomic E-state index is 13.6. The number of benzene rings is 1. The van der Waals surface area contributed by atoms with Gasteiger partial charge in [0.05, 0.1) is 20.9 Å². The Morgan fingerprint density at radius 3 is 2.53 bits per heavy atom. The third-order valence-electron chi connectivity index (χ3n) is 3.11. The Morgan fingerprint density at radius 1 is 1.32 bits per heavy atom. The zero-order valence-corrected chi connectivity index (χ0v) is 12.4. The highest BCUT2D eigenvalue weighted by Crippen LogP contribution is 2.19. The molecule has 0 bridgehead atoms.